The van der Waals surface area contributed by atoms with Crippen molar-refractivity contribution in [1.29, 1.82) is 0 Å². The molecule has 0 aliphatic carbocycles. The summed E-state index contributed by atoms with van der Waals surface area (Å²) in [5.74, 6) is 0.540. The summed E-state index contributed by atoms with van der Waals surface area (Å²) in [5, 5.41) is 8.67. The zero-order valence-electron chi connectivity index (χ0n) is 12.2. The second kappa shape index (κ2) is 7.22. The predicted molar refractivity (Wildman–Crippen MR) is 79.9 cm³/mol. The van der Waals surface area contributed by atoms with Gasteiger partial charge in [-0.3, -0.25) is 0 Å². The maximum Gasteiger partial charge on any atom is 0.240 e. The zero-order valence-corrected chi connectivity index (χ0v) is 13.0. The Labute approximate surface area is 125 Å². The fraction of sp³-hybridized carbons (Fsp3) is 0.571. The Morgan fingerprint density at radius 1 is 1.38 bits per heavy atom. The van der Waals surface area contributed by atoms with Gasteiger partial charge in [0.15, 0.2) is 0 Å². The average molecular weight is 314 g/mol. The van der Waals surface area contributed by atoms with Gasteiger partial charge < -0.3 is 14.7 Å². The first-order chi connectivity index (χ1) is 10.0. The number of hydrogen-bond acceptors (Lipinski definition) is 5. The molecule has 1 aliphatic rings. The minimum atomic E-state index is -3.49. The standard InChI is InChI=1S/C14H22N2O4S/c1-16-8-2-3-12(16)11-15-21(18,19)14-6-4-13(5-7-14)20-10-9-17/h4-7,12,15,17H,2-3,8-11H2,1H3. The Hall–Kier alpha value is -1.15. The Bertz CT molecular complexity index is 545. The summed E-state index contributed by atoms with van der Waals surface area (Å²) in [6.45, 7) is 1.57. The molecule has 0 spiro atoms. The Morgan fingerprint density at radius 2 is 2.10 bits per heavy atom. The van der Waals surface area contributed by atoms with E-state index in [9.17, 15) is 8.42 Å². The lowest BCUT2D eigenvalue weighted by atomic mass is 10.2. The fourth-order valence-electron chi connectivity index (χ4n) is 2.40. The number of aliphatic hydroxyl groups is 1. The molecule has 0 radical (unpaired) electrons. The molecule has 0 saturated carbocycles. The van der Waals surface area contributed by atoms with Crippen molar-refractivity contribution < 1.29 is 18.3 Å². The van der Waals surface area contributed by atoms with Gasteiger partial charge in [0.05, 0.1) is 11.5 Å². The summed E-state index contributed by atoms with van der Waals surface area (Å²) in [4.78, 5) is 2.40. The summed E-state index contributed by atoms with van der Waals surface area (Å²) in [5.41, 5.74) is 0. The number of hydrogen-bond donors (Lipinski definition) is 2. The van der Waals surface area contributed by atoms with E-state index in [1.807, 2.05) is 7.05 Å². The van der Waals surface area contributed by atoms with Crippen molar-refractivity contribution in [3.05, 3.63) is 24.3 Å². The van der Waals surface area contributed by atoms with Gasteiger partial charge in [0.1, 0.15) is 12.4 Å². The van der Waals surface area contributed by atoms with E-state index in [0.29, 0.717) is 12.3 Å². The highest BCUT2D eigenvalue weighted by molar-refractivity contribution is 7.89. The molecular weight excluding hydrogens is 292 g/mol. The van der Waals surface area contributed by atoms with Crippen molar-refractivity contribution >= 4 is 10.0 Å². The molecule has 2 N–H and O–H groups in total. The number of ether oxygens (including phenoxy) is 1. The molecule has 0 bridgehead atoms. The summed E-state index contributed by atoms with van der Waals surface area (Å²) in [6, 6.07) is 6.46. The van der Waals surface area contributed by atoms with Gasteiger partial charge in [0, 0.05) is 12.6 Å². The van der Waals surface area contributed by atoms with Gasteiger partial charge in [-0.15, -0.1) is 0 Å². The van der Waals surface area contributed by atoms with Gasteiger partial charge >= 0.3 is 0 Å². The highest BCUT2D eigenvalue weighted by Gasteiger charge is 2.23. The molecule has 0 aromatic heterocycles. The van der Waals surface area contributed by atoms with Crippen molar-refractivity contribution in [3.63, 3.8) is 0 Å². The van der Waals surface area contributed by atoms with Crippen LogP contribution in [0.5, 0.6) is 5.75 Å². The smallest absolute Gasteiger partial charge is 0.240 e. The summed E-state index contributed by atoms with van der Waals surface area (Å²) in [6.07, 6.45) is 2.13. The maximum absolute atomic E-state index is 12.2. The Morgan fingerprint density at radius 3 is 2.67 bits per heavy atom. The Kier molecular flexibility index (Phi) is 5.58. The van der Waals surface area contributed by atoms with Gasteiger partial charge in [-0.2, -0.15) is 0 Å². The van der Waals surface area contributed by atoms with E-state index in [0.717, 1.165) is 19.4 Å². The Balaban J connectivity index is 1.95. The van der Waals surface area contributed by atoms with Crippen molar-refractivity contribution in [2.75, 3.05) is 33.4 Å². The van der Waals surface area contributed by atoms with Crippen molar-refractivity contribution in [1.82, 2.24) is 9.62 Å². The van der Waals surface area contributed by atoms with Gasteiger partial charge in [-0.1, -0.05) is 0 Å². The van der Waals surface area contributed by atoms with Gasteiger partial charge in [0.2, 0.25) is 10.0 Å². The number of rotatable bonds is 7. The van der Waals surface area contributed by atoms with Crippen molar-refractivity contribution in [2.45, 2.75) is 23.8 Å². The molecule has 0 amide bonds. The third kappa shape index (κ3) is 4.41. The highest BCUT2D eigenvalue weighted by atomic mass is 32.2. The van der Waals surface area contributed by atoms with Crippen LogP contribution in [-0.2, 0) is 10.0 Å². The molecule has 1 heterocycles. The molecule has 1 aromatic carbocycles. The summed E-state index contributed by atoms with van der Waals surface area (Å²) in [7, 11) is -1.48. The van der Waals surface area contributed by atoms with Crippen LogP contribution in [0.15, 0.2) is 29.2 Å². The molecule has 7 heteroatoms. The predicted octanol–water partition coefficient (Wildman–Crippen LogP) is 0.430. The molecule has 1 atom stereocenters. The van der Waals surface area contributed by atoms with Crippen LogP contribution in [0.4, 0.5) is 0 Å². The molecule has 1 aliphatic heterocycles. The van der Waals surface area contributed by atoms with Gasteiger partial charge in [0.25, 0.3) is 0 Å². The first-order valence-corrected chi connectivity index (χ1v) is 8.55. The van der Waals surface area contributed by atoms with Gasteiger partial charge in [-0.05, 0) is 50.7 Å². The normalized spacial score (nSPS) is 19.8. The SMILES string of the molecule is CN1CCCC1CNS(=O)(=O)c1ccc(OCCO)cc1. The summed E-state index contributed by atoms with van der Waals surface area (Å²) < 4.78 is 32.3. The monoisotopic (exact) mass is 314 g/mol. The number of sulfonamides is 1. The van der Waals surface area contributed by atoms with Crippen LogP contribution in [0.25, 0.3) is 0 Å². The second-order valence-corrected chi connectivity index (χ2v) is 6.94. The topological polar surface area (TPSA) is 78.9 Å². The highest BCUT2D eigenvalue weighted by Crippen LogP contribution is 2.17. The molecule has 1 unspecified atom stereocenters. The first-order valence-electron chi connectivity index (χ1n) is 7.06. The number of aliphatic hydroxyl groups excluding tert-OH is 1. The molecule has 2 rings (SSSR count). The van der Waals surface area contributed by atoms with Crippen molar-refractivity contribution in [3.8, 4) is 5.75 Å². The molecule has 1 fully saturated rings. The molecule has 1 saturated heterocycles. The maximum atomic E-state index is 12.2. The lowest BCUT2D eigenvalue weighted by molar-refractivity contribution is 0.201. The largest absolute Gasteiger partial charge is 0.491 e. The van der Waals surface area contributed by atoms with Crippen LogP contribution >= 0.6 is 0 Å². The van der Waals surface area contributed by atoms with E-state index in [-0.39, 0.29) is 24.2 Å². The fourth-order valence-corrected chi connectivity index (χ4v) is 3.48. The molecule has 21 heavy (non-hydrogen) atoms. The molecule has 6 nitrogen and oxygen atoms in total. The average Bonchev–Trinajstić information content (AvgIpc) is 2.89. The lowest BCUT2D eigenvalue weighted by Gasteiger charge is -2.19. The van der Waals surface area contributed by atoms with Crippen LogP contribution < -0.4 is 9.46 Å². The van der Waals surface area contributed by atoms with Crippen molar-refractivity contribution in [2.24, 2.45) is 0 Å². The van der Waals surface area contributed by atoms with E-state index in [1.165, 1.54) is 12.1 Å². The lowest BCUT2D eigenvalue weighted by Crippen LogP contribution is -2.38. The quantitative estimate of drug-likeness (QED) is 0.763. The third-order valence-electron chi connectivity index (χ3n) is 3.67. The number of nitrogens with zero attached hydrogens (tertiary/aromatic N) is 1. The molecule has 118 valence electrons. The van der Waals surface area contributed by atoms with E-state index in [1.54, 1.807) is 12.1 Å². The minimum Gasteiger partial charge on any atom is -0.491 e. The van der Waals surface area contributed by atoms with E-state index in [2.05, 4.69) is 9.62 Å². The third-order valence-corrected chi connectivity index (χ3v) is 5.11. The van der Waals surface area contributed by atoms with Crippen LogP contribution in [-0.4, -0.2) is 57.8 Å². The number of likely N-dealkylation sites (N-methyl/N-ethyl adjacent to an activating group) is 1. The zero-order chi connectivity index (χ0) is 15.3. The summed E-state index contributed by atoms with van der Waals surface area (Å²) >= 11 is 0. The second-order valence-electron chi connectivity index (χ2n) is 5.17. The molecular formula is C14H22N2O4S. The van der Waals surface area contributed by atoms with Crippen LogP contribution in [0.1, 0.15) is 12.8 Å². The first kappa shape index (κ1) is 16.2. The van der Waals surface area contributed by atoms with Gasteiger partial charge in [-0.25, -0.2) is 13.1 Å². The molecule has 1 aromatic rings. The van der Waals surface area contributed by atoms with E-state index in [4.69, 9.17) is 9.84 Å². The van der Waals surface area contributed by atoms with E-state index >= 15 is 0 Å². The van der Waals surface area contributed by atoms with Crippen LogP contribution in [0.2, 0.25) is 0 Å². The number of likely N-dealkylation sites (tertiary alicyclic amines) is 1. The van der Waals surface area contributed by atoms with Crippen LogP contribution in [0, 0.1) is 0 Å². The minimum absolute atomic E-state index is 0.0729. The van der Waals surface area contributed by atoms with E-state index < -0.39 is 10.0 Å². The van der Waals surface area contributed by atoms with Crippen LogP contribution in [0.3, 0.4) is 0 Å². The number of benzene rings is 1. The number of nitrogens with one attached hydrogen (secondary N) is 1.